The fourth-order valence-corrected chi connectivity index (χ4v) is 7.61. The summed E-state index contributed by atoms with van der Waals surface area (Å²) in [6.45, 7) is 4.94. The van der Waals surface area contributed by atoms with E-state index in [1.807, 2.05) is 5.38 Å². The number of aliphatic hydroxyl groups excluding tert-OH is 1. The van der Waals surface area contributed by atoms with E-state index in [-0.39, 0.29) is 37.8 Å². The zero-order valence-electron chi connectivity index (χ0n) is 28.1. The second-order valence-electron chi connectivity index (χ2n) is 13.9. The number of esters is 1. The van der Waals surface area contributed by atoms with Crippen LogP contribution in [0, 0.1) is 11.8 Å². The predicted molar refractivity (Wildman–Crippen MR) is 176 cm³/mol. The van der Waals surface area contributed by atoms with Gasteiger partial charge in [-0.3, -0.25) is 14.4 Å². The number of hydrogen-bond donors (Lipinski definition) is 3. The first-order chi connectivity index (χ1) is 22.5. The molecule has 1 saturated heterocycles. The van der Waals surface area contributed by atoms with Crippen molar-refractivity contribution in [2.45, 2.75) is 121 Å². The first-order valence-electron chi connectivity index (χ1n) is 17.4. The van der Waals surface area contributed by atoms with E-state index in [0.29, 0.717) is 51.3 Å². The lowest BCUT2D eigenvalue weighted by molar-refractivity contribution is -0.159. The standard InChI is InChI=1S/C34H54N4O8S/c1-24(2)46-33(43)31(41)28(17-25-9-5-3-6-10-25)36-32(42)26(18-27-21-47-23-35-27)19-29(39)38(22-34(44)11-7-4-8-12-34)20-30(40)37-13-15-45-16-14-37/h21,23-26,28,31,41,44H,3-20,22H2,1-2H3,(H,36,42)/t26-,28+,31-/m1/s1. The summed E-state index contributed by atoms with van der Waals surface area (Å²) < 4.78 is 10.7. The number of hydrogen-bond acceptors (Lipinski definition) is 10. The molecule has 3 fully saturated rings. The van der Waals surface area contributed by atoms with E-state index >= 15 is 0 Å². The van der Waals surface area contributed by atoms with Crippen molar-refractivity contribution in [1.82, 2.24) is 20.1 Å². The van der Waals surface area contributed by atoms with Crippen LogP contribution < -0.4 is 5.32 Å². The molecular weight excluding hydrogens is 624 g/mol. The molecule has 2 saturated carbocycles. The number of amides is 3. The predicted octanol–water partition coefficient (Wildman–Crippen LogP) is 2.84. The Bertz CT molecular complexity index is 1150. The second kappa shape index (κ2) is 18.2. The summed E-state index contributed by atoms with van der Waals surface area (Å²) in [6, 6.07) is -0.883. The van der Waals surface area contributed by atoms with Crippen molar-refractivity contribution >= 4 is 35.0 Å². The third-order valence-corrected chi connectivity index (χ3v) is 10.3. The number of aliphatic hydroxyl groups is 2. The Kier molecular flexibility index (Phi) is 14.4. The van der Waals surface area contributed by atoms with E-state index in [4.69, 9.17) is 9.47 Å². The molecule has 2 aliphatic carbocycles. The molecule has 3 atom stereocenters. The van der Waals surface area contributed by atoms with E-state index < -0.39 is 47.6 Å². The molecule has 47 heavy (non-hydrogen) atoms. The molecule has 4 rings (SSSR count). The second-order valence-corrected chi connectivity index (χ2v) is 14.6. The molecule has 0 unspecified atom stereocenters. The molecular formula is C34H54N4O8S. The fourth-order valence-electron chi connectivity index (χ4n) is 7.04. The Hall–Kier alpha value is -2.61. The van der Waals surface area contributed by atoms with E-state index in [9.17, 15) is 29.4 Å². The third kappa shape index (κ3) is 11.8. The Balaban J connectivity index is 1.53. The van der Waals surface area contributed by atoms with Crippen LogP contribution in [0.4, 0.5) is 0 Å². The molecule has 1 aromatic heterocycles. The molecule has 12 nitrogen and oxygen atoms in total. The van der Waals surface area contributed by atoms with Gasteiger partial charge in [-0.15, -0.1) is 11.3 Å². The largest absolute Gasteiger partial charge is 0.461 e. The van der Waals surface area contributed by atoms with Crippen LogP contribution in [0.1, 0.15) is 96.6 Å². The van der Waals surface area contributed by atoms with E-state index in [1.54, 1.807) is 24.3 Å². The summed E-state index contributed by atoms with van der Waals surface area (Å²) >= 11 is 1.38. The highest BCUT2D eigenvalue weighted by Crippen LogP contribution is 2.30. The van der Waals surface area contributed by atoms with Crippen molar-refractivity contribution in [2.75, 3.05) is 39.4 Å². The first kappa shape index (κ1) is 37.2. The number of nitrogens with zero attached hydrogens (tertiary/aromatic N) is 3. The van der Waals surface area contributed by atoms with Crippen LogP contribution in [0.5, 0.6) is 0 Å². The highest BCUT2D eigenvalue weighted by atomic mass is 32.1. The van der Waals surface area contributed by atoms with Crippen LogP contribution in [0.2, 0.25) is 0 Å². The van der Waals surface area contributed by atoms with Gasteiger partial charge in [-0.05, 0) is 39.0 Å². The molecule has 1 aromatic rings. The molecule has 264 valence electrons. The maximum atomic E-state index is 14.1. The topological polar surface area (TPSA) is 159 Å². The van der Waals surface area contributed by atoms with Crippen molar-refractivity contribution in [3.8, 4) is 0 Å². The Morgan fingerprint density at radius 2 is 1.79 bits per heavy atom. The molecule has 0 radical (unpaired) electrons. The lowest BCUT2D eigenvalue weighted by atomic mass is 9.83. The Morgan fingerprint density at radius 3 is 2.43 bits per heavy atom. The van der Waals surface area contributed by atoms with Gasteiger partial charge in [-0.25, -0.2) is 9.78 Å². The average Bonchev–Trinajstić information content (AvgIpc) is 3.57. The summed E-state index contributed by atoms with van der Waals surface area (Å²) in [5.74, 6) is -2.53. The number of thiazole rings is 1. The maximum Gasteiger partial charge on any atom is 0.337 e. The molecule has 0 bridgehead atoms. The lowest BCUT2D eigenvalue weighted by Gasteiger charge is -2.38. The van der Waals surface area contributed by atoms with Gasteiger partial charge in [0, 0.05) is 37.9 Å². The molecule has 1 aliphatic heterocycles. The third-order valence-electron chi connectivity index (χ3n) is 9.66. The van der Waals surface area contributed by atoms with Crippen molar-refractivity contribution in [1.29, 1.82) is 0 Å². The number of ether oxygens (including phenoxy) is 2. The van der Waals surface area contributed by atoms with Crippen LogP contribution in [-0.2, 0) is 35.1 Å². The van der Waals surface area contributed by atoms with E-state index in [0.717, 1.165) is 51.4 Å². The molecule has 3 N–H and O–H groups in total. The molecule has 0 spiro atoms. The normalized spacial score (nSPS) is 20.7. The van der Waals surface area contributed by atoms with Gasteiger partial charge < -0.3 is 34.8 Å². The molecule has 3 aliphatic rings. The van der Waals surface area contributed by atoms with E-state index in [1.165, 1.54) is 16.2 Å². The van der Waals surface area contributed by atoms with Crippen molar-refractivity contribution in [3.63, 3.8) is 0 Å². The highest BCUT2D eigenvalue weighted by Gasteiger charge is 2.38. The molecule has 3 amide bonds. The monoisotopic (exact) mass is 678 g/mol. The highest BCUT2D eigenvalue weighted by molar-refractivity contribution is 7.07. The summed E-state index contributed by atoms with van der Waals surface area (Å²) in [4.78, 5) is 61.7. The van der Waals surface area contributed by atoms with Crippen LogP contribution >= 0.6 is 11.3 Å². The van der Waals surface area contributed by atoms with Crippen LogP contribution in [0.15, 0.2) is 10.9 Å². The van der Waals surface area contributed by atoms with Crippen LogP contribution in [0.3, 0.4) is 0 Å². The number of rotatable bonds is 15. The van der Waals surface area contributed by atoms with Gasteiger partial charge in [0.1, 0.15) is 0 Å². The maximum absolute atomic E-state index is 14.1. The smallest absolute Gasteiger partial charge is 0.337 e. The quantitative estimate of drug-likeness (QED) is 0.237. The van der Waals surface area contributed by atoms with Crippen molar-refractivity contribution in [3.05, 3.63) is 16.6 Å². The lowest BCUT2D eigenvalue weighted by Crippen LogP contribution is -2.53. The minimum absolute atomic E-state index is 0.0109. The van der Waals surface area contributed by atoms with Gasteiger partial charge in [0.2, 0.25) is 17.7 Å². The number of carbonyl (C=O) groups is 4. The summed E-state index contributed by atoms with van der Waals surface area (Å²) in [6.07, 6.45) is 7.32. The number of nitrogens with one attached hydrogen (secondary N) is 1. The number of morpholine rings is 1. The van der Waals surface area contributed by atoms with Crippen LogP contribution in [-0.4, -0.2) is 112 Å². The SMILES string of the molecule is CC(C)OC(=O)[C@H](O)[C@H](CC1CCCCC1)NC(=O)[C@@H](CC(=O)N(CC(=O)N1CCOCC1)CC1(O)CCCCC1)Cc1cscn1. The van der Waals surface area contributed by atoms with Crippen LogP contribution in [0.25, 0.3) is 0 Å². The Morgan fingerprint density at radius 1 is 1.11 bits per heavy atom. The number of carbonyl (C=O) groups excluding carboxylic acids is 4. The van der Waals surface area contributed by atoms with Gasteiger partial charge in [-0.2, -0.15) is 0 Å². The number of aromatic nitrogens is 1. The van der Waals surface area contributed by atoms with Gasteiger partial charge in [0.25, 0.3) is 0 Å². The minimum Gasteiger partial charge on any atom is -0.461 e. The zero-order chi connectivity index (χ0) is 33.8. The first-order valence-corrected chi connectivity index (χ1v) is 18.4. The molecule has 13 heteroatoms. The molecule has 2 heterocycles. The van der Waals surface area contributed by atoms with Gasteiger partial charge in [0.05, 0.1) is 54.6 Å². The van der Waals surface area contributed by atoms with Gasteiger partial charge in [-0.1, -0.05) is 51.4 Å². The average molecular weight is 679 g/mol. The minimum atomic E-state index is -1.55. The zero-order valence-corrected chi connectivity index (χ0v) is 28.9. The summed E-state index contributed by atoms with van der Waals surface area (Å²) in [5, 5.41) is 27.3. The van der Waals surface area contributed by atoms with E-state index in [2.05, 4.69) is 10.3 Å². The fraction of sp³-hybridized carbons (Fsp3) is 0.794. The Labute approximate surface area is 282 Å². The van der Waals surface area contributed by atoms with Crippen molar-refractivity contribution in [2.24, 2.45) is 11.8 Å². The van der Waals surface area contributed by atoms with Crippen molar-refractivity contribution < 1.29 is 38.9 Å². The van der Waals surface area contributed by atoms with Gasteiger partial charge >= 0.3 is 5.97 Å². The summed E-state index contributed by atoms with van der Waals surface area (Å²) in [5.41, 5.74) is 1.21. The summed E-state index contributed by atoms with van der Waals surface area (Å²) in [7, 11) is 0. The van der Waals surface area contributed by atoms with Gasteiger partial charge in [0.15, 0.2) is 6.10 Å². The molecule has 0 aromatic carbocycles.